The molecule has 11 N–H and O–H groups in total. The van der Waals surface area contributed by atoms with Crippen LogP contribution in [-0.2, 0) is 70.9 Å². The molecule has 2 aromatic carbocycles. The lowest BCUT2D eigenvalue weighted by atomic mass is 10.1. The molecule has 0 spiro atoms. The van der Waals surface area contributed by atoms with E-state index in [1.54, 1.807) is 0 Å². The van der Waals surface area contributed by atoms with Crippen LogP contribution in [0.3, 0.4) is 0 Å². The number of hydrogen-bond acceptors (Lipinski definition) is 29. The zero-order chi connectivity index (χ0) is 46.9. The Labute approximate surface area is 371 Å². The van der Waals surface area contributed by atoms with Crippen LogP contribution < -0.4 is 21.3 Å². The zero-order valence-electron chi connectivity index (χ0n) is 31.6. The molecule has 0 aliphatic carbocycles. The summed E-state index contributed by atoms with van der Waals surface area (Å²) in [6.45, 7) is -0.686. The lowest BCUT2D eigenvalue weighted by molar-refractivity contribution is -0.432. The summed E-state index contributed by atoms with van der Waals surface area (Å²) in [6, 6.07) is 8.08. The first-order chi connectivity index (χ1) is 30.2. The van der Waals surface area contributed by atoms with Crippen LogP contribution >= 0.6 is 24.1 Å². The second-order valence-electron chi connectivity index (χ2n) is 11.5. The largest absolute Gasteiger partial charge is 0.353 e. The van der Waals surface area contributed by atoms with Crippen LogP contribution in [0.1, 0.15) is 17.0 Å². The predicted molar refractivity (Wildman–Crippen MR) is 227 cm³/mol. The first kappa shape index (κ1) is 51.6. The summed E-state index contributed by atoms with van der Waals surface area (Å²) < 4.78 is 122. The van der Waals surface area contributed by atoms with Crippen molar-refractivity contribution < 1.29 is 82.0 Å². The van der Waals surface area contributed by atoms with Crippen LogP contribution in [0, 0.1) is 5.41 Å². The van der Waals surface area contributed by atoms with Crippen LogP contribution in [0.4, 0.5) is 41.1 Å². The fourth-order valence-corrected chi connectivity index (χ4v) is 7.02. The van der Waals surface area contributed by atoms with Gasteiger partial charge in [0.25, 0.3) is 36.3 Å². The number of aliphatic imine (C=N–C) groups is 1. The van der Waals surface area contributed by atoms with Crippen molar-refractivity contribution in [2.75, 3.05) is 51.6 Å². The van der Waals surface area contributed by atoms with Gasteiger partial charge in [0.2, 0.25) is 34.9 Å². The third kappa shape index (κ3) is 18.2. The smallest absolute Gasteiger partial charge is 0.295 e. The molecule has 0 saturated carbocycles. The Kier molecular flexibility index (Phi) is 19.6. The van der Waals surface area contributed by atoms with Crippen LogP contribution in [0.2, 0.25) is 0 Å². The van der Waals surface area contributed by atoms with E-state index in [-0.39, 0.29) is 76.2 Å². The van der Waals surface area contributed by atoms with Crippen molar-refractivity contribution in [3.8, 4) is 0 Å². The van der Waals surface area contributed by atoms with E-state index in [1.807, 2.05) is 0 Å². The molecule has 0 aliphatic heterocycles. The van der Waals surface area contributed by atoms with Crippen molar-refractivity contribution in [2.45, 2.75) is 16.2 Å². The average molecular weight is 1020 g/mol. The lowest BCUT2D eigenvalue weighted by Gasteiger charge is -2.12. The molecule has 2 aromatic heterocycles. The van der Waals surface area contributed by atoms with E-state index in [4.69, 9.17) is 30.3 Å². The monoisotopic (exact) mass is 1020 g/mol. The maximum absolute atomic E-state index is 12.6. The van der Waals surface area contributed by atoms with Crippen molar-refractivity contribution in [2.24, 2.45) is 4.99 Å². The first-order valence-electron chi connectivity index (χ1n) is 16.7. The van der Waals surface area contributed by atoms with Crippen LogP contribution in [0.5, 0.6) is 0 Å². The van der Waals surface area contributed by atoms with Crippen molar-refractivity contribution in [1.29, 1.82) is 5.41 Å². The fourth-order valence-electron chi connectivity index (χ4n) is 4.50. The molecule has 2 heterocycles. The van der Waals surface area contributed by atoms with E-state index >= 15 is 0 Å². The van der Waals surface area contributed by atoms with Gasteiger partial charge in [-0.25, -0.2) is 25.0 Å². The maximum atomic E-state index is 12.6. The molecular formula is C28H32N12O18S6. The summed E-state index contributed by atoms with van der Waals surface area (Å²) in [4.78, 5) is 28.0. The highest BCUT2D eigenvalue weighted by Gasteiger charge is 2.18. The molecule has 0 bridgehead atoms. The van der Waals surface area contributed by atoms with Gasteiger partial charge >= 0.3 is 0 Å². The molecule has 36 heteroatoms. The van der Waals surface area contributed by atoms with Crippen molar-refractivity contribution in [3.63, 3.8) is 0 Å². The van der Waals surface area contributed by atoms with E-state index < -0.39 is 69.3 Å². The van der Waals surface area contributed by atoms with Crippen molar-refractivity contribution in [3.05, 3.63) is 53.3 Å². The fraction of sp³-hybridized carbons (Fsp3) is 0.214. The van der Waals surface area contributed by atoms with Gasteiger partial charge in [-0.05, 0) is 35.4 Å². The molecule has 4 rings (SSSR count). The molecule has 1 atom stereocenters. The molecular weight excluding hydrogens is 985 g/mol. The van der Waals surface area contributed by atoms with Crippen molar-refractivity contribution in [1.82, 2.24) is 29.9 Å². The molecule has 0 amide bonds. The summed E-state index contributed by atoms with van der Waals surface area (Å²) in [5, 5.41) is 50.9. The van der Waals surface area contributed by atoms with Gasteiger partial charge in [0, 0.05) is 47.6 Å². The Balaban J connectivity index is 1.63. The van der Waals surface area contributed by atoms with Gasteiger partial charge in [-0.2, -0.15) is 55.2 Å². The number of nitrogens with one attached hydrogen (secondary N) is 5. The predicted octanol–water partition coefficient (Wildman–Crippen LogP) is 2.43. The third-order valence-electron chi connectivity index (χ3n) is 7.02. The standard InChI is InChI=1S/C28H32N12O18S6/c29-22(61(44)56-43)15-23-35-24(30-7-10-59-57-54-41)38-27(36-23)34-19-6-4-17(21(14-19)64(51,52)53)2-1-16-3-5-18(13-20(16)60-58-55-42)33-28-39-25(31-8-11-62(45,46)47)37-26(40-28)32-9-12-63(48,49)50/h1-7,13-14,29,41-43H,8-12,15H2,(H,45,46,47)(H,48,49,50)(H,51,52,53)(H,34,35,36,38)(H3,31,32,33,37,39,40)/b2-1?,29-22?,30-7+. The van der Waals surface area contributed by atoms with E-state index in [0.29, 0.717) is 29.6 Å². The number of aromatic nitrogens is 6. The number of rotatable bonds is 26. The molecule has 0 aliphatic rings. The summed E-state index contributed by atoms with van der Waals surface area (Å²) in [7, 11) is -13.7. The van der Waals surface area contributed by atoms with Crippen LogP contribution in [-0.4, -0.2) is 130 Å². The average Bonchev–Trinajstić information content (AvgIpc) is 3.21. The highest BCUT2D eigenvalue weighted by atomic mass is 32.2. The first-order valence-corrected chi connectivity index (χ1v) is 24.1. The number of hydrogen-bond donors (Lipinski definition) is 11. The molecule has 64 heavy (non-hydrogen) atoms. The summed E-state index contributed by atoms with van der Waals surface area (Å²) in [6.07, 6.45) is 3.41. The number of nitrogens with zero attached hydrogens (tertiary/aromatic N) is 7. The molecule has 0 radical (unpaired) electrons. The van der Waals surface area contributed by atoms with Crippen LogP contribution in [0.15, 0.2) is 51.2 Å². The topological polar surface area (TPSA) is 449 Å². The van der Waals surface area contributed by atoms with Gasteiger partial charge in [-0.3, -0.25) is 19.1 Å². The molecule has 1 unspecified atom stereocenters. The van der Waals surface area contributed by atoms with E-state index in [0.717, 1.165) is 6.07 Å². The third-order valence-corrected chi connectivity index (χ3v) is 11.2. The Morgan fingerprint density at radius 3 is 1.89 bits per heavy atom. The Hall–Kier alpha value is -5.00. The van der Waals surface area contributed by atoms with Gasteiger partial charge in [0.1, 0.15) is 15.8 Å². The minimum absolute atomic E-state index is 0.00493. The van der Waals surface area contributed by atoms with Crippen LogP contribution in [0.25, 0.3) is 12.2 Å². The Morgan fingerprint density at radius 2 is 1.31 bits per heavy atom. The minimum atomic E-state index is -4.93. The molecule has 30 nitrogen and oxygen atoms in total. The maximum Gasteiger partial charge on any atom is 0.295 e. The molecule has 348 valence electrons. The normalized spacial score (nSPS) is 12.7. The summed E-state index contributed by atoms with van der Waals surface area (Å²) >= 11 is -1.42. The van der Waals surface area contributed by atoms with Crippen molar-refractivity contribution >= 4 is 130 Å². The molecule has 0 saturated heterocycles. The van der Waals surface area contributed by atoms with Gasteiger partial charge < -0.3 is 21.3 Å². The van der Waals surface area contributed by atoms with Gasteiger partial charge in [-0.1, -0.05) is 34.4 Å². The second kappa shape index (κ2) is 24.3. The Morgan fingerprint density at radius 1 is 0.750 bits per heavy atom. The van der Waals surface area contributed by atoms with Gasteiger partial charge in [-0.15, -0.1) is 13.0 Å². The zero-order valence-corrected chi connectivity index (χ0v) is 36.5. The SMILES string of the molecule is N=C(Cc1nc(/N=C/CSOOO)nc(Nc2ccc(C=Cc3ccc(Nc4nc(NCCS(=O)(=O)O)nc(NCCS(=O)(=O)O)n4)cc3SOOO)c(S(=O)(=O)O)c2)n1)S(=O)OO. The molecule has 0 fully saturated rings. The minimum Gasteiger partial charge on any atom is -0.353 e. The highest BCUT2D eigenvalue weighted by molar-refractivity contribution is 7.96. The van der Waals surface area contributed by atoms with Gasteiger partial charge in [0.05, 0.1) is 35.7 Å². The van der Waals surface area contributed by atoms with E-state index in [2.05, 4.69) is 79.2 Å². The summed E-state index contributed by atoms with van der Waals surface area (Å²) in [5.41, 5.74) is 0.502. The Bertz CT molecular complexity index is 2640. The van der Waals surface area contributed by atoms with E-state index in [9.17, 15) is 34.0 Å². The number of anilines is 6. The lowest BCUT2D eigenvalue weighted by Crippen LogP contribution is -2.19. The summed E-state index contributed by atoms with van der Waals surface area (Å²) in [5.74, 6) is -2.75. The quantitative estimate of drug-likeness (QED) is 0.00629. The van der Waals surface area contributed by atoms with Gasteiger partial charge in [0.15, 0.2) is 0 Å². The molecule has 4 aromatic rings. The second-order valence-corrected chi connectivity index (χ2v) is 18.6. The highest BCUT2D eigenvalue weighted by Crippen LogP contribution is 2.31. The number of benzene rings is 2. The van der Waals surface area contributed by atoms with E-state index in [1.165, 1.54) is 48.7 Å².